The standard InChI is InChI=1S/C139H81N5O3/c1-3-5-7-9-11-13-15-17-19-25-51-146-71-53-66(54-72(57-71)147-52-26-20-18-16-14-12-10-8-6-4-2)78-75-49-45-69(142-75)55-67-43-47-73(140-67)77(74-48-44-68(141-74)56-70-46-50-76(78)143-70)64-39-35-62(36-40-64)29-23-21-27-60-31-33-61(34-32-60)28-22-24-30-63-37-41-65(42-38-63)137(145)144-58-138-133-125-117-107-97-89-81-79-80-83-87-85(81)93-101-95(87)105-99-91(83)92-84(80)88-86-82(79)90(89)98-104-94(86)102-96(88)106-100(92)110-109(99)119-113(105)123-115(101)121(111(117)103(93)97)129(133)131(123)135-127(119)128-120(110)114(106)124-116(102)122-112(104)118(108(98)107)126(125)134(138)130(122)132(124)136(128)139(135,138)59-144/h31-50,53-57,140,143H,3-20,25-26,51-52,58-59H2,1-2H3. The fourth-order valence-electron chi connectivity index (χ4n) is 35.7. The van der Waals surface area contributed by atoms with E-state index in [0.29, 0.717) is 26.3 Å². The molecule has 0 atom stereocenters. The Morgan fingerprint density at radius 3 is 0.816 bits per heavy atom. The topological polar surface area (TPSA) is 96.1 Å². The van der Waals surface area contributed by atoms with Crippen LogP contribution in [0.4, 0.5) is 0 Å². The summed E-state index contributed by atoms with van der Waals surface area (Å²) in [6.07, 6.45) is 34.0. The molecule has 42 rings (SSSR count). The number of ether oxygens (including phenoxy) is 2. The van der Waals surface area contributed by atoms with Gasteiger partial charge in [-0.25, -0.2) is 9.97 Å². The lowest BCUT2D eigenvalue weighted by Crippen LogP contribution is -2.51. The number of aromatic amines is 2. The summed E-state index contributed by atoms with van der Waals surface area (Å²) in [6.45, 7) is 7.19. The summed E-state index contributed by atoms with van der Waals surface area (Å²) in [5.41, 5.74) is 20.6. The second kappa shape index (κ2) is 24.4. The van der Waals surface area contributed by atoms with Gasteiger partial charge in [0.2, 0.25) is 0 Å². The first-order valence-electron chi connectivity index (χ1n) is 54.8. The molecule has 4 aliphatic carbocycles. The van der Waals surface area contributed by atoms with Gasteiger partial charge < -0.3 is 24.3 Å². The molecule has 0 unspecified atom stereocenters. The van der Waals surface area contributed by atoms with Crippen LogP contribution < -0.4 is 9.47 Å². The van der Waals surface area contributed by atoms with E-state index >= 15 is 4.79 Å². The molecule has 8 bridgehead atoms. The number of aromatic nitrogens is 4. The summed E-state index contributed by atoms with van der Waals surface area (Å²) >= 11 is 0. The average Bonchev–Trinajstić information content (AvgIpc) is 1.38. The van der Waals surface area contributed by atoms with E-state index in [9.17, 15) is 0 Å². The molecular formula is C139H81N5O3. The van der Waals surface area contributed by atoms with Crippen LogP contribution in [0.2, 0.25) is 0 Å². The van der Waals surface area contributed by atoms with Crippen molar-refractivity contribution in [2.45, 2.75) is 153 Å². The quantitative estimate of drug-likeness (QED) is 0.0304. The van der Waals surface area contributed by atoms with E-state index in [1.165, 1.54) is 116 Å². The Hall–Kier alpha value is -16.8. The average molecular weight is 1870 g/mol. The maximum absolute atomic E-state index is 16.7. The van der Waals surface area contributed by atoms with Crippen molar-refractivity contribution in [3.63, 3.8) is 0 Å². The third-order valence-corrected chi connectivity index (χ3v) is 40.1. The molecule has 680 valence electrons. The smallest absolute Gasteiger partial charge is 0.253 e. The molecule has 35 aromatic rings. The minimum absolute atomic E-state index is 0.119. The Kier molecular flexibility index (Phi) is 12.5. The van der Waals surface area contributed by atoms with Crippen LogP contribution in [0.3, 0.4) is 0 Å². The lowest BCUT2D eigenvalue weighted by Gasteiger charge is -2.49. The van der Waals surface area contributed by atoms with Crippen molar-refractivity contribution in [2.24, 2.45) is 0 Å². The van der Waals surface area contributed by atoms with Crippen LogP contribution in [0.15, 0.2) is 127 Å². The van der Waals surface area contributed by atoms with Gasteiger partial charge in [0.05, 0.1) is 46.8 Å². The van der Waals surface area contributed by atoms with Crippen molar-refractivity contribution in [3.8, 4) is 81.1 Å². The number of benzene rings is 22. The molecule has 0 saturated carbocycles. The molecule has 3 aliphatic heterocycles. The Balaban J connectivity index is 0.362. The number of unbranched alkanes of at least 4 members (excludes halogenated alkanes) is 18. The fraction of sp³-hybridized carbons (Fsp3) is 0.201. The summed E-state index contributed by atoms with van der Waals surface area (Å²) in [5, 5.41) is 85.8. The molecule has 1 amide bonds. The number of H-pyrrole nitrogens is 2. The number of fused-ring (bicyclic) bond motifs is 8. The van der Waals surface area contributed by atoms with Crippen molar-refractivity contribution in [1.29, 1.82) is 0 Å². The van der Waals surface area contributed by atoms with E-state index in [2.05, 4.69) is 191 Å². The van der Waals surface area contributed by atoms with E-state index in [1.807, 2.05) is 36.4 Å². The second-order valence-electron chi connectivity index (χ2n) is 46.4. The zero-order valence-corrected chi connectivity index (χ0v) is 81.0. The maximum atomic E-state index is 16.7. The second-order valence-corrected chi connectivity index (χ2v) is 46.4. The van der Waals surface area contributed by atoms with Crippen molar-refractivity contribution in [1.82, 2.24) is 24.8 Å². The molecule has 1 saturated heterocycles. The summed E-state index contributed by atoms with van der Waals surface area (Å²) in [7, 11) is 0. The number of nitrogens with one attached hydrogen (secondary N) is 2. The van der Waals surface area contributed by atoms with Gasteiger partial charge in [-0.1, -0.05) is 165 Å². The molecular weight excluding hydrogens is 1790 g/mol. The first kappa shape index (κ1) is 75.1. The minimum Gasteiger partial charge on any atom is -0.493 e. The minimum atomic E-state index is -0.527. The number of amides is 1. The molecule has 1 fully saturated rings. The van der Waals surface area contributed by atoms with Gasteiger partial charge in [0.15, 0.2) is 0 Å². The van der Waals surface area contributed by atoms with Gasteiger partial charge in [0.25, 0.3) is 5.91 Å². The van der Waals surface area contributed by atoms with Gasteiger partial charge in [-0.3, -0.25) is 4.79 Å². The lowest BCUT2D eigenvalue weighted by atomic mass is 9.50. The maximum Gasteiger partial charge on any atom is 0.253 e. The van der Waals surface area contributed by atoms with Crippen molar-refractivity contribution in [3.05, 3.63) is 200 Å². The molecule has 6 heterocycles. The Morgan fingerprint density at radius 1 is 0.279 bits per heavy atom. The van der Waals surface area contributed by atoms with E-state index in [4.69, 9.17) is 19.4 Å². The van der Waals surface area contributed by atoms with E-state index < -0.39 is 10.8 Å². The van der Waals surface area contributed by atoms with E-state index in [-0.39, 0.29) is 5.91 Å². The predicted molar refractivity (Wildman–Crippen MR) is 615 cm³/mol. The fourth-order valence-corrected chi connectivity index (χ4v) is 35.7. The molecule has 147 heavy (non-hydrogen) atoms. The van der Waals surface area contributed by atoms with Gasteiger partial charge >= 0.3 is 0 Å². The van der Waals surface area contributed by atoms with Crippen LogP contribution in [-0.2, 0) is 10.8 Å². The van der Waals surface area contributed by atoms with Crippen LogP contribution in [0.25, 0.3) is 359 Å². The van der Waals surface area contributed by atoms with Gasteiger partial charge in [-0.05, 0) is 494 Å². The number of carbonyl (C=O) groups excluding carboxylic acids is 1. The van der Waals surface area contributed by atoms with Crippen LogP contribution in [0, 0.1) is 47.4 Å². The van der Waals surface area contributed by atoms with Crippen molar-refractivity contribution < 1.29 is 14.3 Å². The highest BCUT2D eigenvalue weighted by atomic mass is 16.5. The number of likely N-dealkylation sites (tertiary alicyclic amines) is 1. The van der Waals surface area contributed by atoms with Crippen LogP contribution >= 0.6 is 0 Å². The molecule has 8 heteroatoms. The summed E-state index contributed by atoms with van der Waals surface area (Å²) < 4.78 is 13.3. The number of nitrogens with zero attached hydrogens (tertiary/aromatic N) is 3. The van der Waals surface area contributed by atoms with Gasteiger partial charge in [-0.2, -0.15) is 0 Å². The molecule has 3 aromatic heterocycles. The molecule has 2 N–H and O–H groups in total. The molecule has 2 spiro atoms. The van der Waals surface area contributed by atoms with E-state index in [0.717, 1.165) is 119 Å². The van der Waals surface area contributed by atoms with Gasteiger partial charge in [-0.15, -0.1) is 0 Å². The largest absolute Gasteiger partial charge is 0.493 e. The molecule has 0 radical (unpaired) electrons. The number of rotatable bonds is 27. The highest BCUT2D eigenvalue weighted by Crippen LogP contribution is 2.86. The molecule has 32 aromatic carbocycles. The molecule has 7 aliphatic rings. The number of hydrogen-bond acceptors (Lipinski definition) is 5. The first-order chi connectivity index (χ1) is 72.9. The van der Waals surface area contributed by atoms with Crippen LogP contribution in [0.1, 0.15) is 220 Å². The zero-order valence-electron chi connectivity index (χ0n) is 81.0. The summed E-state index contributed by atoms with van der Waals surface area (Å²) in [6, 6.07) is 43.8. The number of carbonyl (C=O) groups is 1. The van der Waals surface area contributed by atoms with Gasteiger partial charge in [0.1, 0.15) is 11.5 Å². The SMILES string of the molecule is CCCCCCCCCCCCOc1cc(OCCCCCCCCCCCC)cc(-c2c3nc(cc4ccc([nH]4)c(-c4ccc(C#CC#Cc5ccc(C#CC#Cc6ccc(C(=O)N7CC89c%10c%11c%12c%13c%14c%15c(c%16c%17c8c8c%10c%10c%18c%11c%11c%12c%12c%14c%14c%19c%15c%15c%16c%16c%17c%17c8c8c%10c%10c%18c%18c%11c%11c%12c%14c%12c%14c%19c%15c%15c%16c%16c%17c8c8c%10c%10c%18c%11c%12c%11c%14c%15c%16c8c%10%11)C%139C7)cc6)cc5)cc4)c4nc(cc5ccc2[nH]5)C=C4)C=C3)c1. The Morgan fingerprint density at radius 2 is 0.531 bits per heavy atom. The van der Waals surface area contributed by atoms with Crippen LogP contribution in [0.5, 0.6) is 11.5 Å². The first-order valence-corrected chi connectivity index (χ1v) is 54.8. The number of hydrogen-bond donors (Lipinski definition) is 2. The van der Waals surface area contributed by atoms with Crippen molar-refractivity contribution in [2.75, 3.05) is 26.3 Å². The highest BCUT2D eigenvalue weighted by molar-refractivity contribution is 6.82. The Bertz CT molecular complexity index is 11500. The van der Waals surface area contributed by atoms with Gasteiger partial charge in [0, 0.05) is 80.2 Å². The Labute approximate surface area is 837 Å². The third-order valence-electron chi connectivity index (χ3n) is 40.1. The van der Waals surface area contributed by atoms with E-state index in [1.54, 1.807) is 313 Å². The summed E-state index contributed by atoms with van der Waals surface area (Å²) in [5.74, 6) is 27.6. The normalized spacial score (nSPS) is 16.7. The highest BCUT2D eigenvalue weighted by Gasteiger charge is 2.74. The summed E-state index contributed by atoms with van der Waals surface area (Å²) in [4.78, 5) is 37.3. The molecule has 8 nitrogen and oxygen atoms in total. The zero-order chi connectivity index (χ0) is 94.2. The lowest BCUT2D eigenvalue weighted by molar-refractivity contribution is 0.0783. The predicted octanol–water partition coefficient (Wildman–Crippen LogP) is 35.2. The van der Waals surface area contributed by atoms with Crippen molar-refractivity contribution >= 4 is 343 Å². The third kappa shape index (κ3) is 7.61. The monoisotopic (exact) mass is 1870 g/mol. The van der Waals surface area contributed by atoms with Crippen LogP contribution in [-0.4, -0.2) is 57.0 Å².